The number of benzene rings is 2. The molecule has 0 spiro atoms. The lowest BCUT2D eigenvalue weighted by atomic mass is 9.98. The first-order valence-corrected chi connectivity index (χ1v) is 10.7. The van der Waals surface area contributed by atoms with E-state index in [9.17, 15) is 22.8 Å². The van der Waals surface area contributed by atoms with Crippen molar-refractivity contribution in [1.29, 1.82) is 0 Å². The van der Waals surface area contributed by atoms with E-state index in [1.54, 1.807) is 40.7 Å². The van der Waals surface area contributed by atoms with E-state index in [0.717, 1.165) is 12.1 Å². The smallest absolute Gasteiger partial charge is 0.321 e. The number of rotatable bonds is 5. The Labute approximate surface area is 190 Å². The van der Waals surface area contributed by atoms with Gasteiger partial charge in [-0.1, -0.05) is 18.2 Å². The second-order valence-electron chi connectivity index (χ2n) is 7.36. The standard InChI is InChI=1S/C22H18F3N5O2S/c1-12(13-4-3-5-14(8-13)22(23,24)25)19(31)29-21-28-16-7-6-15(9-18(16)30(21)2)27-20(32)17-10-33-11-26-17/h3-12H,1-2H3,(H,27,32)(H,28,29,31). The van der Waals surface area contributed by atoms with Crippen molar-refractivity contribution in [2.75, 3.05) is 10.6 Å². The molecule has 7 nitrogen and oxygen atoms in total. The highest BCUT2D eigenvalue weighted by atomic mass is 32.1. The molecule has 0 saturated carbocycles. The molecule has 0 fully saturated rings. The Morgan fingerprint density at radius 3 is 2.61 bits per heavy atom. The molecule has 0 aliphatic rings. The molecule has 2 aromatic heterocycles. The largest absolute Gasteiger partial charge is 0.416 e. The van der Waals surface area contributed by atoms with Crippen LogP contribution >= 0.6 is 11.3 Å². The van der Waals surface area contributed by atoms with Crippen LogP contribution in [0, 0.1) is 0 Å². The van der Waals surface area contributed by atoms with E-state index in [0.29, 0.717) is 22.4 Å². The maximum Gasteiger partial charge on any atom is 0.416 e. The van der Waals surface area contributed by atoms with Crippen molar-refractivity contribution < 1.29 is 22.8 Å². The average molecular weight is 473 g/mol. The van der Waals surface area contributed by atoms with Crippen molar-refractivity contribution >= 4 is 45.8 Å². The van der Waals surface area contributed by atoms with E-state index in [2.05, 4.69) is 20.6 Å². The van der Waals surface area contributed by atoms with Gasteiger partial charge in [0.2, 0.25) is 11.9 Å². The molecule has 4 aromatic rings. The van der Waals surface area contributed by atoms with Gasteiger partial charge in [-0.3, -0.25) is 14.9 Å². The average Bonchev–Trinajstić information content (AvgIpc) is 3.42. The van der Waals surface area contributed by atoms with Gasteiger partial charge in [0.1, 0.15) is 5.69 Å². The summed E-state index contributed by atoms with van der Waals surface area (Å²) in [6, 6.07) is 9.76. The summed E-state index contributed by atoms with van der Waals surface area (Å²) in [5, 5.41) is 7.07. The fourth-order valence-corrected chi connectivity index (χ4v) is 3.79. The van der Waals surface area contributed by atoms with Gasteiger partial charge in [0.05, 0.1) is 28.0 Å². The molecule has 2 heterocycles. The molecule has 2 N–H and O–H groups in total. The number of hydrogen-bond donors (Lipinski definition) is 2. The SMILES string of the molecule is CC(C(=O)Nc1nc2ccc(NC(=O)c3cscn3)cc2n1C)c1cccc(C(F)(F)F)c1. The molecular weight excluding hydrogens is 455 g/mol. The minimum Gasteiger partial charge on any atom is -0.321 e. The van der Waals surface area contributed by atoms with Crippen LogP contribution in [0.2, 0.25) is 0 Å². The molecule has 0 aliphatic carbocycles. The van der Waals surface area contributed by atoms with E-state index in [-0.39, 0.29) is 17.4 Å². The van der Waals surface area contributed by atoms with Gasteiger partial charge in [-0.05, 0) is 36.8 Å². The second kappa shape index (κ2) is 8.66. The number of nitrogens with one attached hydrogen (secondary N) is 2. The Bertz CT molecular complexity index is 1330. The van der Waals surface area contributed by atoms with E-state index >= 15 is 0 Å². The van der Waals surface area contributed by atoms with Crippen LogP contribution in [0.1, 0.15) is 34.5 Å². The van der Waals surface area contributed by atoms with Crippen molar-refractivity contribution in [1.82, 2.24) is 14.5 Å². The van der Waals surface area contributed by atoms with Gasteiger partial charge in [-0.25, -0.2) is 9.97 Å². The maximum absolute atomic E-state index is 13.0. The Morgan fingerprint density at radius 2 is 1.91 bits per heavy atom. The Morgan fingerprint density at radius 1 is 1.12 bits per heavy atom. The summed E-state index contributed by atoms with van der Waals surface area (Å²) in [4.78, 5) is 33.3. The predicted octanol–water partition coefficient (Wildman–Crippen LogP) is 5.04. The molecule has 2 amide bonds. The van der Waals surface area contributed by atoms with Gasteiger partial charge < -0.3 is 9.88 Å². The van der Waals surface area contributed by atoms with Crippen LogP contribution < -0.4 is 10.6 Å². The zero-order chi connectivity index (χ0) is 23.8. The normalized spacial score (nSPS) is 12.5. The van der Waals surface area contributed by atoms with E-state index < -0.39 is 23.6 Å². The van der Waals surface area contributed by atoms with Gasteiger partial charge in [0.25, 0.3) is 5.91 Å². The van der Waals surface area contributed by atoms with Crippen LogP contribution in [0.3, 0.4) is 0 Å². The van der Waals surface area contributed by atoms with Crippen molar-refractivity contribution in [3.05, 3.63) is 70.2 Å². The van der Waals surface area contributed by atoms with E-state index in [1.165, 1.54) is 30.4 Å². The summed E-state index contributed by atoms with van der Waals surface area (Å²) in [5.41, 5.74) is 3.05. The summed E-state index contributed by atoms with van der Waals surface area (Å²) in [7, 11) is 1.69. The zero-order valence-corrected chi connectivity index (χ0v) is 18.3. The summed E-state index contributed by atoms with van der Waals surface area (Å²) >= 11 is 1.31. The number of hydrogen-bond acceptors (Lipinski definition) is 5. The second-order valence-corrected chi connectivity index (χ2v) is 8.08. The highest BCUT2D eigenvalue weighted by Gasteiger charge is 2.31. The number of alkyl halides is 3. The first-order chi connectivity index (χ1) is 15.6. The number of aromatic nitrogens is 3. The minimum absolute atomic E-state index is 0.233. The third kappa shape index (κ3) is 4.72. The predicted molar refractivity (Wildman–Crippen MR) is 119 cm³/mol. The van der Waals surface area contributed by atoms with Crippen molar-refractivity contribution in [3.63, 3.8) is 0 Å². The number of nitrogens with zero attached hydrogens (tertiary/aromatic N) is 3. The molecular formula is C22H18F3N5O2S. The first kappa shape index (κ1) is 22.5. The topological polar surface area (TPSA) is 88.9 Å². The van der Waals surface area contributed by atoms with Gasteiger partial charge in [0.15, 0.2) is 0 Å². The summed E-state index contributed by atoms with van der Waals surface area (Å²) in [6.07, 6.45) is -4.49. The number of halogens is 3. The monoisotopic (exact) mass is 473 g/mol. The number of fused-ring (bicyclic) bond motifs is 1. The molecule has 11 heteroatoms. The number of imidazole rings is 1. The van der Waals surface area contributed by atoms with Crippen LogP contribution in [-0.2, 0) is 18.0 Å². The van der Waals surface area contributed by atoms with Crippen LogP contribution in [-0.4, -0.2) is 26.3 Å². The molecule has 0 aliphatic heterocycles. The number of carbonyl (C=O) groups excluding carboxylic acids is 2. The Kier molecular flexibility index (Phi) is 5.90. The third-order valence-electron chi connectivity index (χ3n) is 5.15. The molecule has 0 radical (unpaired) electrons. The van der Waals surface area contributed by atoms with E-state index in [1.807, 2.05) is 0 Å². The van der Waals surface area contributed by atoms with Crippen LogP contribution in [0.25, 0.3) is 11.0 Å². The van der Waals surface area contributed by atoms with E-state index in [4.69, 9.17) is 0 Å². The van der Waals surface area contributed by atoms with Crippen molar-refractivity contribution in [3.8, 4) is 0 Å². The van der Waals surface area contributed by atoms with Crippen LogP contribution in [0.4, 0.5) is 24.8 Å². The summed E-state index contributed by atoms with van der Waals surface area (Å²) in [6.45, 7) is 1.53. The quantitative estimate of drug-likeness (QED) is 0.425. The number of aryl methyl sites for hydroxylation is 1. The van der Waals surface area contributed by atoms with Gasteiger partial charge in [0, 0.05) is 18.1 Å². The minimum atomic E-state index is -4.49. The lowest BCUT2D eigenvalue weighted by Crippen LogP contribution is -2.21. The lowest BCUT2D eigenvalue weighted by Gasteiger charge is -2.14. The third-order valence-corrected chi connectivity index (χ3v) is 5.73. The number of anilines is 2. The van der Waals surface area contributed by atoms with Crippen LogP contribution in [0.15, 0.2) is 53.4 Å². The molecule has 33 heavy (non-hydrogen) atoms. The molecule has 1 unspecified atom stereocenters. The van der Waals surface area contributed by atoms with Crippen LogP contribution in [0.5, 0.6) is 0 Å². The molecule has 1 atom stereocenters. The molecule has 2 aromatic carbocycles. The molecule has 0 saturated heterocycles. The van der Waals surface area contributed by atoms with Crippen molar-refractivity contribution in [2.45, 2.75) is 19.0 Å². The van der Waals surface area contributed by atoms with Gasteiger partial charge in [-0.2, -0.15) is 13.2 Å². The van der Waals surface area contributed by atoms with Gasteiger partial charge in [-0.15, -0.1) is 11.3 Å². The zero-order valence-electron chi connectivity index (χ0n) is 17.5. The Balaban J connectivity index is 1.53. The fraction of sp³-hybridized carbons (Fsp3) is 0.182. The molecule has 4 rings (SSSR count). The lowest BCUT2D eigenvalue weighted by molar-refractivity contribution is -0.137. The van der Waals surface area contributed by atoms with Crippen molar-refractivity contribution in [2.24, 2.45) is 7.05 Å². The first-order valence-electron chi connectivity index (χ1n) is 9.77. The molecule has 170 valence electrons. The highest BCUT2D eigenvalue weighted by molar-refractivity contribution is 7.07. The number of amides is 2. The Hall–Kier alpha value is -3.73. The summed E-state index contributed by atoms with van der Waals surface area (Å²) in [5.74, 6) is -1.44. The number of thiazole rings is 1. The fourth-order valence-electron chi connectivity index (χ4n) is 3.25. The molecule has 0 bridgehead atoms. The number of carbonyl (C=O) groups is 2. The summed E-state index contributed by atoms with van der Waals surface area (Å²) < 4.78 is 40.6. The maximum atomic E-state index is 13.0. The highest BCUT2D eigenvalue weighted by Crippen LogP contribution is 2.31. The van der Waals surface area contributed by atoms with Gasteiger partial charge >= 0.3 is 6.18 Å².